The molecule has 0 spiro atoms. The molecule has 2 heterocycles. The van der Waals surface area contributed by atoms with Crippen LogP contribution in [0.25, 0.3) is 0 Å². The van der Waals surface area contributed by atoms with Gasteiger partial charge in [-0.1, -0.05) is 0 Å². The summed E-state index contributed by atoms with van der Waals surface area (Å²) in [6.07, 6.45) is 1.71. The van der Waals surface area contributed by atoms with Gasteiger partial charge >= 0.3 is 0 Å². The van der Waals surface area contributed by atoms with Gasteiger partial charge in [-0.25, -0.2) is 0 Å². The number of ether oxygens (including phenoxy) is 1. The Hall–Kier alpha value is -0.760. The van der Waals surface area contributed by atoms with Crippen molar-refractivity contribution in [2.45, 2.75) is 19.4 Å². The van der Waals surface area contributed by atoms with E-state index in [4.69, 9.17) is 9.15 Å². The van der Waals surface area contributed by atoms with Crippen molar-refractivity contribution < 1.29 is 9.15 Å². The summed E-state index contributed by atoms with van der Waals surface area (Å²) in [5, 5.41) is 0. The van der Waals surface area contributed by atoms with E-state index in [0.717, 1.165) is 12.4 Å². The van der Waals surface area contributed by atoms with Crippen LogP contribution in [0.4, 0.5) is 0 Å². The number of hydrogen-bond donors (Lipinski definition) is 0. The van der Waals surface area contributed by atoms with Crippen LogP contribution in [0.1, 0.15) is 18.2 Å². The highest BCUT2D eigenvalue weighted by atomic mass is 16.6. The minimum Gasteiger partial charge on any atom is -0.466 e. The van der Waals surface area contributed by atoms with Gasteiger partial charge in [-0.05, 0) is 25.5 Å². The van der Waals surface area contributed by atoms with Gasteiger partial charge in [-0.3, -0.25) is 0 Å². The fourth-order valence-corrected chi connectivity index (χ4v) is 1.15. The Morgan fingerprint density at radius 3 is 2.70 bits per heavy atom. The molecule has 0 amide bonds. The fraction of sp³-hybridized carbons (Fsp3) is 0.500. The summed E-state index contributed by atoms with van der Waals surface area (Å²) in [5.41, 5.74) is 1.08. The summed E-state index contributed by atoms with van der Waals surface area (Å²) < 4.78 is 10.5. The molecule has 1 unspecified atom stereocenters. The van der Waals surface area contributed by atoms with Gasteiger partial charge in [0.25, 0.3) is 0 Å². The summed E-state index contributed by atoms with van der Waals surface area (Å²) in [6.45, 7) is 4.87. The number of hydrogen-bond acceptors (Lipinski definition) is 2. The zero-order valence-electron chi connectivity index (χ0n) is 6.18. The van der Waals surface area contributed by atoms with Gasteiger partial charge in [0.1, 0.15) is 11.4 Å². The monoisotopic (exact) mass is 138 g/mol. The van der Waals surface area contributed by atoms with E-state index in [9.17, 15) is 0 Å². The van der Waals surface area contributed by atoms with Crippen molar-refractivity contribution in [3.8, 4) is 0 Å². The molecule has 1 fully saturated rings. The first-order valence-electron chi connectivity index (χ1n) is 3.41. The molecule has 1 aromatic rings. The highest BCUT2D eigenvalue weighted by Crippen LogP contribution is 2.39. The molecule has 10 heavy (non-hydrogen) atoms. The van der Waals surface area contributed by atoms with Crippen LogP contribution in [-0.4, -0.2) is 6.61 Å². The summed E-state index contributed by atoms with van der Waals surface area (Å²) >= 11 is 0. The van der Waals surface area contributed by atoms with Gasteiger partial charge in [0.15, 0.2) is 0 Å². The molecule has 0 bridgehead atoms. The average Bonchev–Trinajstić information content (AvgIpc) is 2.44. The molecule has 54 valence electrons. The van der Waals surface area contributed by atoms with Crippen LogP contribution in [0.3, 0.4) is 0 Å². The molecule has 1 aliphatic rings. The van der Waals surface area contributed by atoms with Crippen LogP contribution in [0.2, 0.25) is 0 Å². The number of furan rings is 1. The Morgan fingerprint density at radius 1 is 1.60 bits per heavy atom. The lowest BCUT2D eigenvalue weighted by Gasteiger charge is -2.00. The van der Waals surface area contributed by atoms with E-state index in [-0.39, 0.29) is 5.60 Å². The van der Waals surface area contributed by atoms with Crippen LogP contribution in [0.5, 0.6) is 0 Å². The summed E-state index contributed by atoms with van der Waals surface area (Å²) in [6, 6.07) is 1.96. The van der Waals surface area contributed by atoms with E-state index in [1.165, 1.54) is 5.56 Å². The lowest BCUT2D eigenvalue weighted by Crippen LogP contribution is -2.01. The second kappa shape index (κ2) is 1.64. The first-order chi connectivity index (χ1) is 4.72. The van der Waals surface area contributed by atoms with E-state index in [1.54, 1.807) is 6.26 Å². The first-order valence-corrected chi connectivity index (χ1v) is 3.41. The number of epoxide rings is 1. The highest BCUT2D eigenvalue weighted by molar-refractivity contribution is 5.24. The van der Waals surface area contributed by atoms with Crippen molar-refractivity contribution in [2.75, 3.05) is 6.61 Å². The molecule has 0 N–H and O–H groups in total. The third-order valence-electron chi connectivity index (χ3n) is 1.92. The molecule has 0 saturated carbocycles. The molecular weight excluding hydrogens is 128 g/mol. The molecule has 1 atom stereocenters. The molecule has 0 radical (unpaired) electrons. The van der Waals surface area contributed by atoms with Crippen molar-refractivity contribution >= 4 is 0 Å². The standard InChI is InChI=1S/C8H10O2/c1-6-3-4-9-7(6)8(2)5-10-8/h3-4H,5H2,1-2H3. The Bertz CT molecular complexity index is 246. The van der Waals surface area contributed by atoms with Crippen LogP contribution in [0, 0.1) is 6.92 Å². The predicted molar refractivity (Wildman–Crippen MR) is 36.7 cm³/mol. The maximum Gasteiger partial charge on any atom is 0.146 e. The van der Waals surface area contributed by atoms with Crippen molar-refractivity contribution in [3.05, 3.63) is 23.7 Å². The predicted octanol–water partition coefficient (Wildman–Crippen LogP) is 1.83. The molecule has 1 aliphatic heterocycles. The van der Waals surface area contributed by atoms with Crippen LogP contribution < -0.4 is 0 Å². The smallest absolute Gasteiger partial charge is 0.146 e. The molecule has 0 aromatic carbocycles. The topological polar surface area (TPSA) is 25.7 Å². The van der Waals surface area contributed by atoms with Crippen molar-refractivity contribution in [1.82, 2.24) is 0 Å². The molecule has 2 nitrogen and oxygen atoms in total. The van der Waals surface area contributed by atoms with Crippen LogP contribution in [-0.2, 0) is 10.3 Å². The molecule has 0 aliphatic carbocycles. The first kappa shape index (κ1) is 5.98. The quantitative estimate of drug-likeness (QED) is 0.553. The molecule has 2 heteroatoms. The molecular formula is C8H10O2. The molecule has 1 saturated heterocycles. The normalized spacial score (nSPS) is 30.6. The maximum atomic E-state index is 5.27. The Morgan fingerprint density at radius 2 is 2.30 bits per heavy atom. The van der Waals surface area contributed by atoms with E-state index in [0.29, 0.717) is 0 Å². The van der Waals surface area contributed by atoms with E-state index < -0.39 is 0 Å². The van der Waals surface area contributed by atoms with E-state index in [2.05, 4.69) is 0 Å². The zero-order chi connectivity index (χ0) is 7.19. The van der Waals surface area contributed by atoms with Gasteiger partial charge in [0.05, 0.1) is 12.9 Å². The Kier molecular flexibility index (Phi) is 0.980. The summed E-state index contributed by atoms with van der Waals surface area (Å²) in [4.78, 5) is 0. The van der Waals surface area contributed by atoms with Gasteiger partial charge in [-0.2, -0.15) is 0 Å². The van der Waals surface area contributed by atoms with Gasteiger partial charge in [-0.15, -0.1) is 0 Å². The second-order valence-corrected chi connectivity index (χ2v) is 2.95. The minimum absolute atomic E-state index is 0.104. The second-order valence-electron chi connectivity index (χ2n) is 2.95. The van der Waals surface area contributed by atoms with Crippen molar-refractivity contribution in [3.63, 3.8) is 0 Å². The summed E-state index contributed by atoms with van der Waals surface area (Å²) in [7, 11) is 0. The summed E-state index contributed by atoms with van der Waals surface area (Å²) in [5.74, 6) is 0.979. The van der Waals surface area contributed by atoms with Crippen LogP contribution >= 0.6 is 0 Å². The Balaban J connectivity index is 2.42. The number of aryl methyl sites for hydroxylation is 1. The van der Waals surface area contributed by atoms with Crippen LogP contribution in [0.15, 0.2) is 16.7 Å². The zero-order valence-corrected chi connectivity index (χ0v) is 6.18. The minimum atomic E-state index is -0.104. The van der Waals surface area contributed by atoms with Gasteiger partial charge < -0.3 is 9.15 Å². The van der Waals surface area contributed by atoms with E-state index >= 15 is 0 Å². The SMILES string of the molecule is Cc1ccoc1C1(C)CO1. The fourth-order valence-electron chi connectivity index (χ4n) is 1.15. The van der Waals surface area contributed by atoms with Crippen molar-refractivity contribution in [2.24, 2.45) is 0 Å². The highest BCUT2D eigenvalue weighted by Gasteiger charge is 2.45. The Labute approximate surface area is 59.8 Å². The third kappa shape index (κ3) is 0.688. The average molecular weight is 138 g/mol. The lowest BCUT2D eigenvalue weighted by molar-refractivity contribution is 0.284. The van der Waals surface area contributed by atoms with Gasteiger partial charge in [0, 0.05) is 0 Å². The molecule has 1 aromatic heterocycles. The largest absolute Gasteiger partial charge is 0.466 e. The maximum absolute atomic E-state index is 5.27. The third-order valence-corrected chi connectivity index (χ3v) is 1.92. The van der Waals surface area contributed by atoms with Gasteiger partial charge in [0.2, 0.25) is 0 Å². The molecule has 2 rings (SSSR count). The van der Waals surface area contributed by atoms with Crippen molar-refractivity contribution in [1.29, 1.82) is 0 Å². The lowest BCUT2D eigenvalue weighted by atomic mass is 10.1. The number of rotatable bonds is 1. The van der Waals surface area contributed by atoms with E-state index in [1.807, 2.05) is 19.9 Å².